The first-order chi connectivity index (χ1) is 15.4. The molecule has 0 saturated carbocycles. The fourth-order valence-electron chi connectivity index (χ4n) is 3.67. The van der Waals surface area contributed by atoms with Gasteiger partial charge in [0.1, 0.15) is 0 Å². The minimum Gasteiger partial charge on any atom is -0.493 e. The van der Waals surface area contributed by atoms with Crippen LogP contribution >= 0.6 is 24.0 Å². The van der Waals surface area contributed by atoms with E-state index in [1.54, 1.807) is 28.4 Å². The van der Waals surface area contributed by atoms with E-state index in [1.807, 2.05) is 19.1 Å². The van der Waals surface area contributed by atoms with Gasteiger partial charge < -0.3 is 29.7 Å². The summed E-state index contributed by atoms with van der Waals surface area (Å²) in [7, 11) is 6.65. The summed E-state index contributed by atoms with van der Waals surface area (Å²) in [6, 6.07) is 4.21. The van der Waals surface area contributed by atoms with Gasteiger partial charge in [-0.15, -0.1) is 24.0 Å². The molecule has 9 nitrogen and oxygen atoms in total. The van der Waals surface area contributed by atoms with Gasteiger partial charge in [0, 0.05) is 58.8 Å². The zero-order valence-corrected chi connectivity index (χ0v) is 23.1. The number of hydrogen-bond acceptors (Lipinski definition) is 6. The van der Waals surface area contributed by atoms with Gasteiger partial charge in [0.25, 0.3) is 0 Å². The lowest BCUT2D eigenvalue weighted by atomic mass is 10.1. The topological polar surface area (TPSA) is 87.7 Å². The molecule has 0 spiro atoms. The molecule has 1 atom stereocenters. The molecule has 1 fully saturated rings. The van der Waals surface area contributed by atoms with Crippen LogP contribution in [0.15, 0.2) is 17.1 Å². The van der Waals surface area contributed by atoms with Crippen LogP contribution in [0.4, 0.5) is 0 Å². The van der Waals surface area contributed by atoms with E-state index in [2.05, 4.69) is 32.3 Å². The van der Waals surface area contributed by atoms with E-state index in [0.29, 0.717) is 30.2 Å². The molecule has 1 saturated heterocycles. The molecule has 10 heteroatoms. The largest absolute Gasteiger partial charge is 0.493 e. The zero-order valence-electron chi connectivity index (χ0n) is 20.8. The Hall–Kier alpha value is -1.95. The SMILES string of the molecule is CCC(C)NC(=O)CCNC(=NC)N1CCN(Cc2cc(OC)c(OC)c(OC)c2)CC1.I. The maximum absolute atomic E-state index is 12.0. The number of amides is 1. The molecule has 0 bridgehead atoms. The predicted octanol–water partition coefficient (Wildman–Crippen LogP) is 2.33. The van der Waals surface area contributed by atoms with Gasteiger partial charge in [-0.25, -0.2) is 0 Å². The fraction of sp³-hybridized carbons (Fsp3) is 0.652. The minimum absolute atomic E-state index is 0. The maximum Gasteiger partial charge on any atom is 0.221 e. The summed E-state index contributed by atoms with van der Waals surface area (Å²) in [6.45, 7) is 8.99. The van der Waals surface area contributed by atoms with Crippen LogP contribution in [0, 0.1) is 0 Å². The highest BCUT2D eigenvalue weighted by atomic mass is 127. The first kappa shape index (κ1) is 29.1. The Morgan fingerprint density at radius 1 is 1.09 bits per heavy atom. The van der Waals surface area contributed by atoms with Crippen molar-refractivity contribution in [3.05, 3.63) is 17.7 Å². The van der Waals surface area contributed by atoms with Gasteiger partial charge in [0.2, 0.25) is 11.7 Å². The number of aliphatic imine (C=N–C) groups is 1. The zero-order chi connectivity index (χ0) is 23.5. The summed E-state index contributed by atoms with van der Waals surface area (Å²) in [5, 5.41) is 6.31. The molecule has 1 aromatic rings. The molecule has 2 rings (SSSR count). The number of ether oxygens (including phenoxy) is 3. The van der Waals surface area contributed by atoms with Crippen molar-refractivity contribution in [1.82, 2.24) is 20.4 Å². The number of nitrogens with zero attached hydrogens (tertiary/aromatic N) is 3. The van der Waals surface area contributed by atoms with Crippen molar-refractivity contribution in [2.45, 2.75) is 39.3 Å². The maximum atomic E-state index is 12.0. The Kier molecular flexibility index (Phi) is 13.3. The minimum atomic E-state index is 0. The van der Waals surface area contributed by atoms with Crippen molar-refractivity contribution in [2.75, 3.05) is 61.1 Å². The molecule has 0 aromatic heterocycles. The summed E-state index contributed by atoms with van der Waals surface area (Å²) in [5.74, 6) is 2.85. The monoisotopic (exact) mass is 577 g/mol. The van der Waals surface area contributed by atoms with Crippen LogP contribution in [0.5, 0.6) is 17.2 Å². The van der Waals surface area contributed by atoms with Gasteiger partial charge in [-0.05, 0) is 31.0 Å². The van der Waals surface area contributed by atoms with Crippen molar-refractivity contribution in [3.8, 4) is 17.2 Å². The fourth-order valence-corrected chi connectivity index (χ4v) is 3.67. The van der Waals surface area contributed by atoms with Crippen LogP contribution < -0.4 is 24.8 Å². The predicted molar refractivity (Wildman–Crippen MR) is 142 cm³/mol. The number of methoxy groups -OCH3 is 3. The Morgan fingerprint density at radius 3 is 2.18 bits per heavy atom. The smallest absolute Gasteiger partial charge is 0.221 e. The van der Waals surface area contributed by atoms with Gasteiger partial charge in [-0.3, -0.25) is 14.7 Å². The first-order valence-electron chi connectivity index (χ1n) is 11.2. The van der Waals surface area contributed by atoms with Crippen molar-refractivity contribution >= 4 is 35.8 Å². The summed E-state index contributed by atoms with van der Waals surface area (Å²) in [5.41, 5.74) is 1.11. The van der Waals surface area contributed by atoms with Crippen LogP contribution in [0.3, 0.4) is 0 Å². The molecule has 33 heavy (non-hydrogen) atoms. The first-order valence-corrected chi connectivity index (χ1v) is 11.2. The molecule has 2 N–H and O–H groups in total. The van der Waals surface area contributed by atoms with Crippen LogP contribution in [-0.4, -0.2) is 88.8 Å². The van der Waals surface area contributed by atoms with Crippen LogP contribution in [0.2, 0.25) is 0 Å². The number of guanidine groups is 1. The summed E-state index contributed by atoms with van der Waals surface area (Å²) >= 11 is 0. The molecule has 0 aliphatic carbocycles. The number of halogens is 1. The van der Waals surface area contributed by atoms with Gasteiger partial charge in [0.05, 0.1) is 21.3 Å². The van der Waals surface area contributed by atoms with E-state index in [1.165, 1.54) is 0 Å². The second-order valence-corrected chi connectivity index (χ2v) is 7.90. The Labute approximate surface area is 215 Å². The number of carbonyl (C=O) groups excluding carboxylic acids is 1. The number of rotatable bonds is 10. The van der Waals surface area contributed by atoms with Gasteiger partial charge in [-0.2, -0.15) is 0 Å². The van der Waals surface area contributed by atoms with Gasteiger partial charge in [0.15, 0.2) is 17.5 Å². The normalized spacial score (nSPS) is 15.3. The lowest BCUT2D eigenvalue weighted by Gasteiger charge is -2.36. The molecule has 1 aromatic carbocycles. The van der Waals surface area contributed by atoms with Crippen molar-refractivity contribution in [1.29, 1.82) is 0 Å². The molecule has 0 radical (unpaired) electrons. The van der Waals surface area contributed by atoms with Crippen LogP contribution in [0.1, 0.15) is 32.3 Å². The number of nitrogens with one attached hydrogen (secondary N) is 2. The highest BCUT2D eigenvalue weighted by Gasteiger charge is 2.21. The van der Waals surface area contributed by atoms with Crippen molar-refractivity contribution < 1.29 is 19.0 Å². The standard InChI is InChI=1S/C23H39N5O4.HI/c1-7-17(2)26-21(29)8-9-25-23(24-3)28-12-10-27(11-13-28)16-18-14-19(30-4)22(32-6)20(15-18)31-5;/h14-15,17H,7-13,16H2,1-6H3,(H,24,25)(H,26,29);1H. The third-order valence-corrected chi connectivity index (χ3v) is 5.67. The molecular weight excluding hydrogens is 537 g/mol. The Balaban J connectivity index is 0.00000544. The molecule has 1 unspecified atom stereocenters. The third-order valence-electron chi connectivity index (χ3n) is 5.67. The summed E-state index contributed by atoms with van der Waals surface area (Å²) in [6.07, 6.45) is 1.37. The highest BCUT2D eigenvalue weighted by molar-refractivity contribution is 14.0. The van der Waals surface area contributed by atoms with E-state index >= 15 is 0 Å². The van der Waals surface area contributed by atoms with E-state index in [-0.39, 0.29) is 35.9 Å². The van der Waals surface area contributed by atoms with E-state index in [9.17, 15) is 4.79 Å². The van der Waals surface area contributed by atoms with Gasteiger partial charge in [-0.1, -0.05) is 6.92 Å². The Morgan fingerprint density at radius 2 is 1.70 bits per heavy atom. The van der Waals surface area contributed by atoms with E-state index < -0.39 is 0 Å². The lowest BCUT2D eigenvalue weighted by molar-refractivity contribution is -0.121. The number of hydrogen-bond donors (Lipinski definition) is 2. The molecule has 1 aliphatic rings. The van der Waals surface area contributed by atoms with E-state index in [4.69, 9.17) is 14.2 Å². The molecule has 1 aliphatic heterocycles. The highest BCUT2D eigenvalue weighted by Crippen LogP contribution is 2.38. The quantitative estimate of drug-likeness (QED) is 0.251. The van der Waals surface area contributed by atoms with Crippen molar-refractivity contribution in [2.24, 2.45) is 4.99 Å². The second-order valence-electron chi connectivity index (χ2n) is 7.90. The van der Waals surface area contributed by atoms with Crippen molar-refractivity contribution in [3.63, 3.8) is 0 Å². The third kappa shape index (κ3) is 8.73. The van der Waals surface area contributed by atoms with E-state index in [0.717, 1.165) is 50.7 Å². The number of benzene rings is 1. The van der Waals surface area contributed by atoms with Crippen LogP contribution in [-0.2, 0) is 11.3 Å². The number of piperazine rings is 1. The Bertz CT molecular complexity index is 744. The molecular formula is C23H40IN5O4. The molecule has 188 valence electrons. The molecule has 1 heterocycles. The van der Waals surface area contributed by atoms with Crippen LogP contribution in [0.25, 0.3) is 0 Å². The average Bonchev–Trinajstić information content (AvgIpc) is 2.81. The lowest BCUT2D eigenvalue weighted by Crippen LogP contribution is -2.52. The van der Waals surface area contributed by atoms with Gasteiger partial charge >= 0.3 is 0 Å². The average molecular weight is 578 g/mol. The second kappa shape index (κ2) is 15.0. The summed E-state index contributed by atoms with van der Waals surface area (Å²) < 4.78 is 16.4. The molecule has 1 amide bonds. The summed E-state index contributed by atoms with van der Waals surface area (Å²) in [4.78, 5) is 21.0. The number of carbonyl (C=O) groups is 1.